The van der Waals surface area contributed by atoms with E-state index in [1.54, 1.807) is 12.4 Å². The summed E-state index contributed by atoms with van der Waals surface area (Å²) in [5.41, 5.74) is 0. The van der Waals surface area contributed by atoms with Gasteiger partial charge in [-0.25, -0.2) is 0 Å². The zero-order valence-corrected chi connectivity index (χ0v) is 9.22. The van der Waals surface area contributed by atoms with Crippen molar-refractivity contribution >= 4 is 0 Å². The first-order valence-corrected chi connectivity index (χ1v) is 5.59. The first kappa shape index (κ1) is 10.4. The van der Waals surface area contributed by atoms with E-state index in [9.17, 15) is 0 Å². The number of rotatable bonds is 3. The summed E-state index contributed by atoms with van der Waals surface area (Å²) in [7, 11) is 2.18. The zero-order chi connectivity index (χ0) is 10.5. The van der Waals surface area contributed by atoms with Gasteiger partial charge in [-0.15, -0.1) is 0 Å². The second kappa shape index (κ2) is 5.12. The lowest BCUT2D eigenvalue weighted by atomic mass is 10.0. The summed E-state index contributed by atoms with van der Waals surface area (Å²) in [6, 6.07) is 4.43. The van der Waals surface area contributed by atoms with E-state index < -0.39 is 0 Å². The molecule has 2 rings (SSSR count). The fourth-order valence-electron chi connectivity index (χ4n) is 1.98. The summed E-state index contributed by atoms with van der Waals surface area (Å²) in [4.78, 5) is 6.42. The summed E-state index contributed by atoms with van der Waals surface area (Å²) in [5, 5.41) is 0. The van der Waals surface area contributed by atoms with Crippen LogP contribution in [0.1, 0.15) is 19.3 Å². The van der Waals surface area contributed by atoms with Crippen LogP contribution in [0.4, 0.5) is 0 Å². The molecule has 1 aromatic heterocycles. The predicted molar refractivity (Wildman–Crippen MR) is 60.0 cm³/mol. The van der Waals surface area contributed by atoms with Crippen LogP contribution in [0.2, 0.25) is 0 Å². The van der Waals surface area contributed by atoms with E-state index >= 15 is 0 Å². The van der Waals surface area contributed by atoms with Crippen LogP contribution in [0.3, 0.4) is 0 Å². The molecular formula is C12H18N2O. The van der Waals surface area contributed by atoms with E-state index in [1.807, 2.05) is 12.1 Å². The molecule has 1 fully saturated rings. The number of piperidine rings is 1. The van der Waals surface area contributed by atoms with Gasteiger partial charge in [0, 0.05) is 12.2 Å². The van der Waals surface area contributed by atoms with Crippen LogP contribution < -0.4 is 4.74 Å². The minimum Gasteiger partial charge on any atom is -0.490 e. The highest BCUT2D eigenvalue weighted by molar-refractivity contribution is 5.15. The summed E-state index contributed by atoms with van der Waals surface area (Å²) in [6.07, 6.45) is 7.42. The molecule has 3 heteroatoms. The molecule has 1 saturated heterocycles. The summed E-state index contributed by atoms with van der Waals surface area (Å²) < 4.78 is 5.71. The van der Waals surface area contributed by atoms with Crippen molar-refractivity contribution in [3.05, 3.63) is 24.5 Å². The summed E-state index contributed by atoms with van der Waals surface area (Å²) in [6.45, 7) is 1.98. The van der Waals surface area contributed by atoms with Gasteiger partial charge < -0.3 is 9.64 Å². The second-order valence-electron chi connectivity index (χ2n) is 4.13. The molecule has 0 N–H and O–H groups in total. The highest BCUT2D eigenvalue weighted by Gasteiger charge is 2.19. The van der Waals surface area contributed by atoms with E-state index in [2.05, 4.69) is 16.9 Å². The predicted octanol–water partition coefficient (Wildman–Crippen LogP) is 1.94. The highest BCUT2D eigenvalue weighted by Crippen LogP contribution is 2.16. The molecule has 0 aliphatic carbocycles. The largest absolute Gasteiger partial charge is 0.490 e. The Kier molecular flexibility index (Phi) is 3.56. The third-order valence-corrected chi connectivity index (χ3v) is 3.00. The Morgan fingerprint density at radius 2 is 2.47 bits per heavy atom. The smallest absolute Gasteiger partial charge is 0.137 e. The number of hydrogen-bond acceptors (Lipinski definition) is 3. The first-order chi connectivity index (χ1) is 7.36. The normalized spacial score (nSPS) is 22.6. The van der Waals surface area contributed by atoms with Crippen molar-refractivity contribution in [1.82, 2.24) is 9.88 Å². The van der Waals surface area contributed by atoms with Gasteiger partial charge in [-0.1, -0.05) is 6.42 Å². The molecule has 0 aromatic carbocycles. The molecule has 1 aliphatic rings. The van der Waals surface area contributed by atoms with E-state index in [-0.39, 0.29) is 0 Å². The fourth-order valence-corrected chi connectivity index (χ4v) is 1.98. The molecule has 1 aliphatic heterocycles. The molecule has 2 heterocycles. The van der Waals surface area contributed by atoms with Crippen molar-refractivity contribution < 1.29 is 4.74 Å². The van der Waals surface area contributed by atoms with Crippen molar-refractivity contribution in [1.29, 1.82) is 0 Å². The molecule has 0 amide bonds. The number of aromatic nitrogens is 1. The second-order valence-corrected chi connectivity index (χ2v) is 4.13. The molecule has 0 radical (unpaired) electrons. The first-order valence-electron chi connectivity index (χ1n) is 5.59. The minimum absolute atomic E-state index is 0.568. The summed E-state index contributed by atoms with van der Waals surface area (Å²) >= 11 is 0. The van der Waals surface area contributed by atoms with Gasteiger partial charge in [-0.05, 0) is 38.6 Å². The van der Waals surface area contributed by atoms with Gasteiger partial charge in [0.1, 0.15) is 12.4 Å². The highest BCUT2D eigenvalue weighted by atomic mass is 16.5. The number of nitrogens with zero attached hydrogens (tertiary/aromatic N) is 2. The molecule has 82 valence electrons. The number of pyridine rings is 1. The van der Waals surface area contributed by atoms with Crippen molar-refractivity contribution in [2.45, 2.75) is 25.3 Å². The van der Waals surface area contributed by atoms with Crippen molar-refractivity contribution in [2.75, 3.05) is 20.2 Å². The topological polar surface area (TPSA) is 25.4 Å². The lowest BCUT2D eigenvalue weighted by molar-refractivity contribution is 0.125. The van der Waals surface area contributed by atoms with Gasteiger partial charge in [0.05, 0.1) is 6.20 Å². The SMILES string of the molecule is CN1CCCC[C@@H]1COc1cccnc1. The molecule has 0 saturated carbocycles. The van der Waals surface area contributed by atoms with Crippen LogP contribution in [0.5, 0.6) is 5.75 Å². The van der Waals surface area contributed by atoms with E-state index in [1.165, 1.54) is 25.8 Å². The van der Waals surface area contributed by atoms with Crippen LogP contribution in [-0.4, -0.2) is 36.1 Å². The maximum atomic E-state index is 5.71. The molecule has 3 nitrogen and oxygen atoms in total. The van der Waals surface area contributed by atoms with Crippen molar-refractivity contribution in [3.63, 3.8) is 0 Å². The molecule has 0 unspecified atom stereocenters. The number of likely N-dealkylation sites (tertiary alicyclic amines) is 1. The van der Waals surface area contributed by atoms with Crippen LogP contribution in [0.25, 0.3) is 0 Å². The van der Waals surface area contributed by atoms with Crippen molar-refractivity contribution in [2.24, 2.45) is 0 Å². The van der Waals surface area contributed by atoms with Gasteiger partial charge in [-0.2, -0.15) is 0 Å². The minimum atomic E-state index is 0.568. The maximum Gasteiger partial charge on any atom is 0.137 e. The fraction of sp³-hybridized carbons (Fsp3) is 0.583. The average molecular weight is 206 g/mol. The lowest BCUT2D eigenvalue weighted by Gasteiger charge is -2.32. The van der Waals surface area contributed by atoms with Crippen LogP contribution in [-0.2, 0) is 0 Å². The molecule has 0 spiro atoms. The third-order valence-electron chi connectivity index (χ3n) is 3.00. The summed E-state index contributed by atoms with van der Waals surface area (Å²) in [5.74, 6) is 0.872. The lowest BCUT2D eigenvalue weighted by Crippen LogP contribution is -2.40. The number of ether oxygens (including phenoxy) is 1. The standard InChI is InChI=1S/C12H18N2O/c1-14-8-3-2-5-11(14)10-15-12-6-4-7-13-9-12/h4,6-7,9,11H,2-3,5,8,10H2,1H3/t11-/m1/s1. The van der Waals surface area contributed by atoms with Gasteiger partial charge in [0.2, 0.25) is 0 Å². The molecule has 1 aromatic rings. The van der Waals surface area contributed by atoms with Gasteiger partial charge >= 0.3 is 0 Å². The van der Waals surface area contributed by atoms with E-state index in [0.29, 0.717) is 6.04 Å². The Morgan fingerprint density at radius 1 is 1.53 bits per heavy atom. The third kappa shape index (κ3) is 2.93. The number of hydrogen-bond donors (Lipinski definition) is 0. The molecular weight excluding hydrogens is 188 g/mol. The molecule has 1 atom stereocenters. The van der Waals surface area contributed by atoms with Crippen LogP contribution in [0, 0.1) is 0 Å². The Bertz CT molecular complexity index is 289. The molecule has 15 heavy (non-hydrogen) atoms. The zero-order valence-electron chi connectivity index (χ0n) is 9.22. The monoisotopic (exact) mass is 206 g/mol. The Hall–Kier alpha value is -1.09. The molecule has 0 bridgehead atoms. The Labute approximate surface area is 91.1 Å². The van der Waals surface area contributed by atoms with E-state index in [4.69, 9.17) is 4.74 Å². The Morgan fingerprint density at radius 3 is 3.20 bits per heavy atom. The van der Waals surface area contributed by atoms with Gasteiger partial charge in [-0.3, -0.25) is 4.98 Å². The van der Waals surface area contributed by atoms with Crippen molar-refractivity contribution in [3.8, 4) is 5.75 Å². The number of likely N-dealkylation sites (N-methyl/N-ethyl adjacent to an activating group) is 1. The quantitative estimate of drug-likeness (QED) is 0.755. The average Bonchev–Trinajstić information content (AvgIpc) is 2.29. The van der Waals surface area contributed by atoms with Crippen LogP contribution >= 0.6 is 0 Å². The van der Waals surface area contributed by atoms with E-state index in [0.717, 1.165) is 12.4 Å². The maximum absolute atomic E-state index is 5.71. The Balaban J connectivity index is 1.82. The van der Waals surface area contributed by atoms with Gasteiger partial charge in [0.15, 0.2) is 0 Å². The van der Waals surface area contributed by atoms with Gasteiger partial charge in [0.25, 0.3) is 0 Å². The van der Waals surface area contributed by atoms with Crippen LogP contribution in [0.15, 0.2) is 24.5 Å².